The number of pyridine rings is 1. The number of benzene rings is 3. The van der Waals surface area contributed by atoms with Crippen molar-refractivity contribution in [2.45, 2.75) is 128 Å². The van der Waals surface area contributed by atoms with E-state index in [2.05, 4.69) is 59.9 Å². The first-order valence-corrected chi connectivity index (χ1v) is 40.1. The van der Waals surface area contributed by atoms with Gasteiger partial charge in [0.1, 0.15) is 11.6 Å². The van der Waals surface area contributed by atoms with Crippen LogP contribution in [-0.2, 0) is 41.1 Å². The molecule has 9 fully saturated rings. The van der Waals surface area contributed by atoms with Crippen LogP contribution in [0, 0.1) is 57.6 Å². The van der Waals surface area contributed by atoms with Gasteiger partial charge >= 0.3 is 12.4 Å². The van der Waals surface area contributed by atoms with Crippen LogP contribution < -0.4 is 16.0 Å². The summed E-state index contributed by atoms with van der Waals surface area (Å²) < 4.78 is 90.6. The van der Waals surface area contributed by atoms with E-state index in [9.17, 15) is 59.5 Å². The predicted octanol–water partition coefficient (Wildman–Crippen LogP) is 14.9. The van der Waals surface area contributed by atoms with Crippen molar-refractivity contribution >= 4 is 99.6 Å². The summed E-state index contributed by atoms with van der Waals surface area (Å²) >= 11 is 24.5. The van der Waals surface area contributed by atoms with E-state index < -0.39 is 23.5 Å². The van der Waals surface area contributed by atoms with E-state index in [4.69, 9.17) is 46.4 Å². The van der Waals surface area contributed by atoms with Gasteiger partial charge in [-0.15, -0.1) is 0 Å². The van der Waals surface area contributed by atoms with Crippen molar-refractivity contribution in [3.8, 4) is 0 Å². The first-order chi connectivity index (χ1) is 53.3. The van der Waals surface area contributed by atoms with E-state index in [0.29, 0.717) is 144 Å². The Morgan fingerprint density at radius 1 is 0.402 bits per heavy atom. The normalized spacial score (nSPS) is 23.4. The standard InChI is InChI=1S/C27H30Cl2F3N5O2.C27H32Cl2N4O2.C27H31F4N5O2/c1-26(6-7-26)24(39)36-8-4-16(5-9-36)23(38)37-14-18(20(15-37)17-2-3-21(28)22(29)10-17)11-33-25-34-12-19(13-35-25)27(30,31)32;1-27(10-11-27)26(35)32-12-8-19(9-13-32)25(34)33-16-20(14-30-24-7-6-22(29)15-31-24)23(17-33)18-2-4-21(28)5-3-18;1-26(8-9-26)24(38)35-10-6-18(7-11-35)23(37)36-15-19(22(16-36)17-2-4-21(28)5-3-17)12-32-25-33-13-20(14-34-25)27(29,30)31/h2-3,10,12-13,16,18,20H,4-9,11,14-15H2,1H3,(H,33,34,35);2-7,15,19-20,23H,8-14,16-17H2,1H3,(H,30,31);2-5,13-14,18-19,22H,6-12,15-16H2,1H3,(H,32,33,34). The van der Waals surface area contributed by atoms with Gasteiger partial charge < -0.3 is 45.3 Å². The van der Waals surface area contributed by atoms with Gasteiger partial charge in [-0.05, 0) is 142 Å². The smallest absolute Gasteiger partial charge is 0.370 e. The Hall–Kier alpha value is -8.14. The highest BCUT2D eigenvalue weighted by molar-refractivity contribution is 6.42. The molecule has 6 unspecified atom stereocenters. The zero-order chi connectivity index (χ0) is 79.6. The number of piperidine rings is 3. The molecule has 6 aromatic rings. The maximum absolute atomic E-state index is 13.6. The van der Waals surface area contributed by atoms with Gasteiger partial charge in [0, 0.05) is 204 Å². The molecule has 15 rings (SSSR count). The molecule has 20 nitrogen and oxygen atoms in total. The second-order valence-corrected chi connectivity index (χ2v) is 34.3. The Morgan fingerprint density at radius 2 is 0.732 bits per heavy atom. The minimum absolute atomic E-state index is 0.0124. The molecule has 6 aliphatic heterocycles. The van der Waals surface area contributed by atoms with Crippen LogP contribution in [0.15, 0.2) is 110 Å². The van der Waals surface area contributed by atoms with Crippen LogP contribution in [0.4, 0.5) is 48.4 Å². The van der Waals surface area contributed by atoms with Gasteiger partial charge in [0.2, 0.25) is 47.3 Å². The van der Waals surface area contributed by atoms with Gasteiger partial charge in [-0.1, -0.05) is 97.5 Å². The van der Waals surface area contributed by atoms with Crippen LogP contribution in [0.1, 0.15) is 143 Å². The van der Waals surface area contributed by atoms with Crippen molar-refractivity contribution in [2.24, 2.45) is 51.8 Å². The number of hydrogen-bond donors (Lipinski definition) is 3. The van der Waals surface area contributed by atoms with Crippen molar-refractivity contribution in [2.75, 3.05) is 114 Å². The van der Waals surface area contributed by atoms with E-state index in [-0.39, 0.29) is 123 Å². The number of likely N-dealkylation sites (tertiary alicyclic amines) is 6. The molecule has 0 spiro atoms. The third-order valence-corrected chi connectivity index (χ3v) is 25.7. The van der Waals surface area contributed by atoms with Crippen molar-refractivity contribution < 1.29 is 59.5 Å². The van der Waals surface area contributed by atoms with E-state index >= 15 is 0 Å². The lowest BCUT2D eigenvalue weighted by Gasteiger charge is -2.34. The molecule has 0 radical (unpaired) electrons. The fourth-order valence-electron chi connectivity index (χ4n) is 16.5. The summed E-state index contributed by atoms with van der Waals surface area (Å²) in [5.41, 5.74) is 0.594. The number of alkyl halides is 6. The second kappa shape index (κ2) is 34.1. The molecule has 3 aromatic heterocycles. The van der Waals surface area contributed by atoms with Crippen LogP contribution in [0.5, 0.6) is 0 Å². The predicted molar refractivity (Wildman–Crippen MR) is 411 cm³/mol. The average molecular weight is 1630 g/mol. The summed E-state index contributed by atoms with van der Waals surface area (Å²) in [7, 11) is 0. The molecule has 6 atom stereocenters. The summed E-state index contributed by atoms with van der Waals surface area (Å²) in [5, 5.41) is 11.6. The molecule has 3 N–H and O–H groups in total. The van der Waals surface area contributed by atoms with Gasteiger partial charge in [-0.25, -0.2) is 29.3 Å². The SMILES string of the molecule is CC1(C(=O)N2CCC(C(=O)N3CC(CNc4ccc(Cl)cn4)C(c4ccc(Cl)cc4)C3)CC2)CC1.CC1(C(=O)N2CCC(C(=O)N3CC(CNc4ncc(C(F)(F)F)cn4)C(c4ccc(Cl)c(Cl)c4)C3)CC2)CC1.CC1(C(=O)N2CCC(C(=O)N3CC(CNc4ncc(C(F)(F)F)cn4)C(c4ccc(F)cc4)C3)CC2)CC1. The Labute approximate surface area is 667 Å². The zero-order valence-electron chi connectivity index (χ0n) is 62.7. The molecule has 6 saturated heterocycles. The van der Waals surface area contributed by atoms with E-state index in [1.807, 2.05) is 73.6 Å². The molecule has 3 aromatic carbocycles. The number of amides is 6. The van der Waals surface area contributed by atoms with E-state index in [1.165, 1.54) is 17.7 Å². The topological polar surface area (TPSA) is 222 Å². The summed E-state index contributed by atoms with van der Waals surface area (Å²) in [6.45, 7) is 14.4. The first-order valence-electron chi connectivity index (χ1n) is 38.6. The molecule has 31 heteroatoms. The highest BCUT2D eigenvalue weighted by Crippen LogP contribution is 2.50. The lowest BCUT2D eigenvalue weighted by Crippen LogP contribution is -2.45. The zero-order valence-corrected chi connectivity index (χ0v) is 65.7. The van der Waals surface area contributed by atoms with Crippen LogP contribution in [-0.4, -0.2) is 188 Å². The van der Waals surface area contributed by atoms with E-state index in [0.717, 1.165) is 93.1 Å². The minimum Gasteiger partial charge on any atom is -0.370 e. The van der Waals surface area contributed by atoms with Gasteiger partial charge in [-0.2, -0.15) is 26.3 Å². The summed E-state index contributed by atoms with van der Waals surface area (Å²) in [6, 6.07) is 23.2. The molecule has 3 saturated carbocycles. The Bertz CT molecular complexity index is 4330. The molecular formula is C81H93Cl4F7N14O6. The van der Waals surface area contributed by atoms with Gasteiger partial charge in [0.05, 0.1) is 26.2 Å². The molecule has 3 aliphatic carbocycles. The summed E-state index contributed by atoms with van der Waals surface area (Å²) in [4.78, 5) is 110. The maximum Gasteiger partial charge on any atom is 0.419 e. The lowest BCUT2D eigenvalue weighted by molar-refractivity contribution is -0.142. The van der Waals surface area contributed by atoms with Crippen molar-refractivity contribution in [3.63, 3.8) is 0 Å². The first kappa shape index (κ1) is 81.9. The number of rotatable bonds is 18. The fourth-order valence-corrected chi connectivity index (χ4v) is 17.0. The molecule has 0 bridgehead atoms. The number of carbonyl (C=O) groups excluding carboxylic acids is 6. The second-order valence-electron chi connectivity index (χ2n) is 32.6. The van der Waals surface area contributed by atoms with Crippen LogP contribution in [0.2, 0.25) is 20.1 Å². The Kier molecular flexibility index (Phi) is 24.9. The fraction of sp³-hybridized carbons (Fsp3) is 0.543. The number of anilines is 3. The monoisotopic (exact) mass is 1630 g/mol. The average Bonchev–Trinajstić information content (AvgIpc) is 1.64. The number of hydrogen-bond acceptors (Lipinski definition) is 14. The van der Waals surface area contributed by atoms with Crippen molar-refractivity contribution in [1.29, 1.82) is 0 Å². The molecule has 6 amide bonds. The van der Waals surface area contributed by atoms with Gasteiger partial charge in [0.15, 0.2) is 0 Å². The van der Waals surface area contributed by atoms with Crippen molar-refractivity contribution in [3.05, 3.63) is 164 Å². The third kappa shape index (κ3) is 19.8. The Morgan fingerprint density at radius 3 is 1.06 bits per heavy atom. The highest BCUT2D eigenvalue weighted by Gasteiger charge is 2.52. The number of nitrogens with one attached hydrogen (secondary N) is 3. The van der Waals surface area contributed by atoms with Crippen LogP contribution >= 0.6 is 46.4 Å². The molecular weight excluding hydrogens is 1540 g/mol. The molecule has 9 heterocycles. The van der Waals surface area contributed by atoms with Crippen molar-refractivity contribution in [1.82, 2.24) is 54.3 Å². The van der Waals surface area contributed by atoms with Crippen LogP contribution in [0.25, 0.3) is 0 Å². The number of nitrogens with zero attached hydrogens (tertiary/aromatic N) is 11. The molecule has 9 aliphatic rings. The minimum atomic E-state index is -4.52. The maximum atomic E-state index is 13.6. The number of carbonyl (C=O) groups is 6. The summed E-state index contributed by atoms with van der Waals surface area (Å²) in [5.74, 6) is 1.43. The largest absolute Gasteiger partial charge is 0.419 e. The highest BCUT2D eigenvalue weighted by atomic mass is 35.5. The molecule has 112 heavy (non-hydrogen) atoms. The van der Waals surface area contributed by atoms with E-state index in [1.54, 1.807) is 30.5 Å². The molecule has 600 valence electrons. The van der Waals surface area contributed by atoms with Gasteiger partial charge in [-0.3, -0.25) is 28.8 Å². The Balaban J connectivity index is 0.000000147. The third-order valence-electron chi connectivity index (χ3n) is 24.4. The van der Waals surface area contributed by atoms with Crippen LogP contribution in [0.3, 0.4) is 0 Å². The lowest BCUT2D eigenvalue weighted by atomic mass is 9.89. The number of halogens is 11. The summed E-state index contributed by atoms with van der Waals surface area (Å²) in [6.07, 6.45) is 5.29. The van der Waals surface area contributed by atoms with Gasteiger partial charge in [0.25, 0.3) is 0 Å². The quantitative estimate of drug-likeness (QED) is 0.0681. The number of aromatic nitrogens is 5.